The predicted molar refractivity (Wildman–Crippen MR) is 104 cm³/mol. The molecular weight excluding hydrogens is 370 g/mol. The normalized spacial score (nSPS) is 15.3. The Balaban J connectivity index is 1.83. The number of piperazine rings is 1. The zero-order chi connectivity index (χ0) is 18.1. The molecule has 1 N–H and O–H groups in total. The highest BCUT2D eigenvalue weighted by atomic mass is 35.5. The Bertz CT molecular complexity index is 1050. The molecule has 1 aliphatic heterocycles. The molecule has 0 spiro atoms. The van der Waals surface area contributed by atoms with Gasteiger partial charge in [0.25, 0.3) is 0 Å². The molecule has 3 aromatic rings. The van der Waals surface area contributed by atoms with E-state index in [1.165, 1.54) is 12.1 Å². The van der Waals surface area contributed by atoms with Crippen molar-refractivity contribution in [1.82, 2.24) is 10.3 Å². The number of nitrogens with zero attached hydrogens (tertiary/aromatic N) is 2. The van der Waals surface area contributed by atoms with Crippen LogP contribution >= 0.6 is 11.6 Å². The van der Waals surface area contributed by atoms with E-state index in [1.807, 2.05) is 12.1 Å². The molecule has 4 rings (SSSR count). The van der Waals surface area contributed by atoms with Gasteiger partial charge in [0.2, 0.25) is 9.84 Å². The summed E-state index contributed by atoms with van der Waals surface area (Å²) in [6.45, 7) is 3.47. The molecule has 134 valence electrons. The number of anilines is 1. The molecule has 1 saturated heterocycles. The lowest BCUT2D eigenvalue weighted by Crippen LogP contribution is -2.43. The van der Waals surface area contributed by atoms with Crippen LogP contribution in [0.4, 0.5) is 5.82 Å². The first kappa shape index (κ1) is 17.3. The molecule has 0 amide bonds. The van der Waals surface area contributed by atoms with Crippen LogP contribution in [0, 0.1) is 0 Å². The van der Waals surface area contributed by atoms with E-state index in [2.05, 4.69) is 15.2 Å². The largest absolute Gasteiger partial charge is 0.354 e. The van der Waals surface area contributed by atoms with Crippen molar-refractivity contribution in [3.05, 3.63) is 59.8 Å². The second-order valence-electron chi connectivity index (χ2n) is 6.21. The van der Waals surface area contributed by atoms with Crippen LogP contribution in [0.3, 0.4) is 0 Å². The highest BCUT2D eigenvalue weighted by Gasteiger charge is 2.20. The molecule has 0 radical (unpaired) electrons. The minimum absolute atomic E-state index is 0.230. The molecule has 26 heavy (non-hydrogen) atoms. The maximum atomic E-state index is 13.0. The second-order valence-corrected chi connectivity index (χ2v) is 8.60. The first-order valence-electron chi connectivity index (χ1n) is 8.41. The summed E-state index contributed by atoms with van der Waals surface area (Å²) < 4.78 is 26.0. The molecule has 1 aliphatic rings. The molecule has 7 heteroatoms. The molecular formula is C19H18ClN3O2S. The number of rotatable bonds is 3. The zero-order valence-corrected chi connectivity index (χ0v) is 15.6. The molecule has 0 unspecified atom stereocenters. The number of nitrogens with one attached hydrogen (secondary N) is 1. The molecule has 0 atom stereocenters. The average Bonchev–Trinajstić information content (AvgIpc) is 2.68. The molecule has 5 nitrogen and oxygen atoms in total. The van der Waals surface area contributed by atoms with E-state index in [0.29, 0.717) is 5.02 Å². The Morgan fingerprint density at radius 3 is 2.38 bits per heavy atom. The summed E-state index contributed by atoms with van der Waals surface area (Å²) in [6, 6.07) is 13.3. The lowest BCUT2D eigenvalue weighted by molar-refractivity contribution is 0.586. The Labute approximate surface area is 157 Å². The van der Waals surface area contributed by atoms with Crippen molar-refractivity contribution < 1.29 is 8.42 Å². The monoisotopic (exact) mass is 387 g/mol. The average molecular weight is 388 g/mol. The van der Waals surface area contributed by atoms with Crippen LogP contribution in [-0.2, 0) is 9.84 Å². The minimum Gasteiger partial charge on any atom is -0.354 e. The smallest absolute Gasteiger partial charge is 0.206 e. The van der Waals surface area contributed by atoms with Gasteiger partial charge in [-0.05, 0) is 47.9 Å². The summed E-state index contributed by atoms with van der Waals surface area (Å²) in [6.07, 6.45) is 1.77. The quantitative estimate of drug-likeness (QED) is 0.748. The summed E-state index contributed by atoms with van der Waals surface area (Å²) in [7, 11) is -3.61. The van der Waals surface area contributed by atoms with Crippen molar-refractivity contribution in [2.75, 3.05) is 31.1 Å². The van der Waals surface area contributed by atoms with Crippen LogP contribution in [0.5, 0.6) is 0 Å². The van der Waals surface area contributed by atoms with Crippen LogP contribution in [0.1, 0.15) is 0 Å². The highest BCUT2D eigenvalue weighted by Crippen LogP contribution is 2.30. The molecule has 1 fully saturated rings. The fourth-order valence-corrected chi connectivity index (χ4v) is 4.59. The van der Waals surface area contributed by atoms with Gasteiger partial charge in [0.05, 0.1) is 9.79 Å². The Kier molecular flexibility index (Phi) is 4.56. The predicted octanol–water partition coefficient (Wildman–Crippen LogP) is 3.13. The van der Waals surface area contributed by atoms with Crippen LogP contribution in [0.25, 0.3) is 10.8 Å². The molecule has 2 heterocycles. The van der Waals surface area contributed by atoms with Gasteiger partial charge in [-0.25, -0.2) is 13.4 Å². The SMILES string of the molecule is O=S(=O)(c1ccc(Cl)cc1)c1ccc2ccnc(N3CCNCC3)c2c1. The number of benzene rings is 2. The van der Waals surface area contributed by atoms with Gasteiger partial charge >= 0.3 is 0 Å². The van der Waals surface area contributed by atoms with Gasteiger partial charge in [0.15, 0.2) is 0 Å². The maximum absolute atomic E-state index is 13.0. The van der Waals surface area contributed by atoms with E-state index >= 15 is 0 Å². The number of hydrogen-bond donors (Lipinski definition) is 1. The maximum Gasteiger partial charge on any atom is 0.206 e. The lowest BCUT2D eigenvalue weighted by atomic mass is 10.1. The van der Waals surface area contributed by atoms with Crippen molar-refractivity contribution in [2.24, 2.45) is 0 Å². The number of pyridine rings is 1. The standard InChI is InChI=1S/C19H18ClN3O2S/c20-15-2-5-16(6-3-15)26(24,25)17-4-1-14-7-8-22-19(18(14)13-17)23-11-9-21-10-12-23/h1-8,13,21H,9-12H2. The second kappa shape index (κ2) is 6.87. The van der Waals surface area contributed by atoms with Crippen LogP contribution in [0.2, 0.25) is 5.02 Å². The van der Waals surface area contributed by atoms with E-state index in [-0.39, 0.29) is 9.79 Å². The van der Waals surface area contributed by atoms with Crippen molar-refractivity contribution in [2.45, 2.75) is 9.79 Å². The van der Waals surface area contributed by atoms with Crippen LogP contribution < -0.4 is 10.2 Å². The van der Waals surface area contributed by atoms with Gasteiger partial charge in [-0.1, -0.05) is 17.7 Å². The van der Waals surface area contributed by atoms with Crippen LogP contribution in [-0.4, -0.2) is 39.6 Å². The van der Waals surface area contributed by atoms with Gasteiger partial charge in [-0.2, -0.15) is 0 Å². The first-order valence-corrected chi connectivity index (χ1v) is 10.3. The van der Waals surface area contributed by atoms with Gasteiger partial charge in [-0.15, -0.1) is 0 Å². The zero-order valence-electron chi connectivity index (χ0n) is 14.0. The molecule has 2 aromatic carbocycles. The molecule has 0 saturated carbocycles. The number of fused-ring (bicyclic) bond motifs is 1. The Hall–Kier alpha value is -2.15. The summed E-state index contributed by atoms with van der Waals surface area (Å²) in [5, 5.41) is 5.65. The van der Waals surface area contributed by atoms with E-state index in [4.69, 9.17) is 11.6 Å². The van der Waals surface area contributed by atoms with E-state index in [0.717, 1.165) is 42.8 Å². The van der Waals surface area contributed by atoms with Crippen molar-refractivity contribution in [3.63, 3.8) is 0 Å². The summed E-state index contributed by atoms with van der Waals surface area (Å²) in [5.74, 6) is 0.831. The third-order valence-electron chi connectivity index (χ3n) is 4.57. The van der Waals surface area contributed by atoms with Gasteiger partial charge in [-0.3, -0.25) is 0 Å². The topological polar surface area (TPSA) is 62.3 Å². The van der Waals surface area contributed by atoms with Gasteiger partial charge in [0.1, 0.15) is 5.82 Å². The van der Waals surface area contributed by atoms with Crippen molar-refractivity contribution in [3.8, 4) is 0 Å². The number of halogens is 1. The Morgan fingerprint density at radius 2 is 1.65 bits per heavy atom. The summed E-state index contributed by atoms with van der Waals surface area (Å²) in [4.78, 5) is 7.21. The summed E-state index contributed by atoms with van der Waals surface area (Å²) >= 11 is 5.88. The first-order chi connectivity index (χ1) is 12.6. The fourth-order valence-electron chi connectivity index (χ4n) is 3.18. The van der Waals surface area contributed by atoms with E-state index in [9.17, 15) is 8.42 Å². The van der Waals surface area contributed by atoms with Crippen LogP contribution in [0.15, 0.2) is 64.5 Å². The van der Waals surface area contributed by atoms with E-state index in [1.54, 1.807) is 30.5 Å². The third kappa shape index (κ3) is 3.16. The fraction of sp³-hybridized carbons (Fsp3) is 0.211. The number of aromatic nitrogens is 1. The third-order valence-corrected chi connectivity index (χ3v) is 6.59. The minimum atomic E-state index is -3.61. The van der Waals surface area contributed by atoms with Crippen molar-refractivity contribution >= 4 is 38.0 Å². The number of hydrogen-bond acceptors (Lipinski definition) is 5. The van der Waals surface area contributed by atoms with Gasteiger partial charge in [0, 0.05) is 42.8 Å². The number of sulfone groups is 1. The lowest BCUT2D eigenvalue weighted by Gasteiger charge is -2.29. The van der Waals surface area contributed by atoms with Gasteiger partial charge < -0.3 is 10.2 Å². The van der Waals surface area contributed by atoms with E-state index < -0.39 is 9.84 Å². The molecule has 0 bridgehead atoms. The van der Waals surface area contributed by atoms with Crippen molar-refractivity contribution in [1.29, 1.82) is 0 Å². The summed E-state index contributed by atoms with van der Waals surface area (Å²) in [5.41, 5.74) is 0. The Morgan fingerprint density at radius 1 is 0.962 bits per heavy atom. The molecule has 1 aromatic heterocycles. The highest BCUT2D eigenvalue weighted by molar-refractivity contribution is 7.91. The molecule has 0 aliphatic carbocycles.